The second kappa shape index (κ2) is 10.8. The lowest BCUT2D eigenvalue weighted by Crippen LogP contribution is -2.36. The van der Waals surface area contributed by atoms with Crippen LogP contribution in [0, 0.1) is 6.92 Å². The minimum Gasteiger partial charge on any atom is -0.493 e. The summed E-state index contributed by atoms with van der Waals surface area (Å²) in [4.78, 5) is 10.2. The fourth-order valence-corrected chi connectivity index (χ4v) is 6.34. The van der Waals surface area contributed by atoms with Gasteiger partial charge < -0.3 is 19.9 Å². The van der Waals surface area contributed by atoms with Crippen molar-refractivity contribution in [1.29, 1.82) is 0 Å². The number of aromatic nitrogens is 1. The van der Waals surface area contributed by atoms with Crippen LogP contribution >= 0.6 is 0 Å². The second-order valence-corrected chi connectivity index (χ2v) is 11.1. The predicted octanol–water partition coefficient (Wildman–Crippen LogP) is 5.57. The van der Waals surface area contributed by atoms with Crippen LogP contribution in [0.4, 0.5) is 5.82 Å². The normalized spacial score (nSPS) is 23.4. The van der Waals surface area contributed by atoms with Crippen LogP contribution in [0.15, 0.2) is 12.1 Å². The highest BCUT2D eigenvalue weighted by Gasteiger charge is 2.25. The standard InChI is InChI=1S/C29H44N4O/c1-21-19-26-24-9-4-5-10-25(24)29(30-22-11-13-23(14-12-22)32(2)3)31-27(26)20-28(21)34-18-8-17-33-15-6-7-16-33/h19-20,22-23H,4-18H2,1-3H3,(H,30,31). The highest BCUT2D eigenvalue weighted by Crippen LogP contribution is 2.36. The number of aryl methyl sites for hydroxylation is 2. The molecule has 186 valence electrons. The van der Waals surface area contributed by atoms with Gasteiger partial charge in [-0.25, -0.2) is 4.98 Å². The Morgan fingerprint density at radius 2 is 1.74 bits per heavy atom. The van der Waals surface area contributed by atoms with Crippen molar-refractivity contribution in [3.63, 3.8) is 0 Å². The van der Waals surface area contributed by atoms with Gasteiger partial charge in [-0.15, -0.1) is 0 Å². The number of hydrogen-bond donors (Lipinski definition) is 1. The topological polar surface area (TPSA) is 40.6 Å². The first kappa shape index (κ1) is 23.9. The van der Waals surface area contributed by atoms with Gasteiger partial charge in [-0.2, -0.15) is 0 Å². The first-order chi connectivity index (χ1) is 16.6. The molecule has 2 fully saturated rings. The van der Waals surface area contributed by atoms with E-state index in [1.54, 1.807) is 0 Å². The van der Waals surface area contributed by atoms with E-state index in [9.17, 15) is 0 Å². The molecule has 1 saturated carbocycles. The minimum atomic E-state index is 0.541. The van der Waals surface area contributed by atoms with Gasteiger partial charge in [-0.3, -0.25) is 0 Å². The summed E-state index contributed by atoms with van der Waals surface area (Å²) in [5, 5.41) is 5.25. The molecule has 5 nitrogen and oxygen atoms in total. The molecular formula is C29H44N4O. The third kappa shape index (κ3) is 5.36. The molecule has 34 heavy (non-hydrogen) atoms. The Labute approximate surface area is 206 Å². The summed E-state index contributed by atoms with van der Waals surface area (Å²) in [5.74, 6) is 2.16. The summed E-state index contributed by atoms with van der Waals surface area (Å²) in [7, 11) is 4.43. The summed E-state index contributed by atoms with van der Waals surface area (Å²) >= 11 is 0. The number of hydrogen-bond acceptors (Lipinski definition) is 5. The largest absolute Gasteiger partial charge is 0.493 e. The quantitative estimate of drug-likeness (QED) is 0.517. The van der Waals surface area contributed by atoms with E-state index >= 15 is 0 Å². The highest BCUT2D eigenvalue weighted by molar-refractivity contribution is 5.88. The zero-order valence-corrected chi connectivity index (χ0v) is 21.7. The second-order valence-electron chi connectivity index (χ2n) is 11.1. The zero-order valence-electron chi connectivity index (χ0n) is 21.7. The smallest absolute Gasteiger partial charge is 0.130 e. The average Bonchev–Trinajstić information content (AvgIpc) is 3.37. The van der Waals surface area contributed by atoms with Crippen LogP contribution in [-0.2, 0) is 12.8 Å². The Bertz CT molecular complexity index is 974. The lowest BCUT2D eigenvalue weighted by Gasteiger charge is -2.34. The molecular weight excluding hydrogens is 420 g/mol. The molecule has 1 aromatic carbocycles. The van der Waals surface area contributed by atoms with Crippen molar-refractivity contribution < 1.29 is 4.74 Å². The summed E-state index contributed by atoms with van der Waals surface area (Å²) < 4.78 is 6.28. The number of pyridine rings is 1. The highest BCUT2D eigenvalue weighted by atomic mass is 16.5. The van der Waals surface area contributed by atoms with Crippen LogP contribution in [0.2, 0.25) is 0 Å². The van der Waals surface area contributed by atoms with Crippen LogP contribution in [0.25, 0.3) is 10.9 Å². The van der Waals surface area contributed by atoms with E-state index in [0.717, 1.165) is 49.1 Å². The molecule has 2 heterocycles. The minimum absolute atomic E-state index is 0.541. The van der Waals surface area contributed by atoms with E-state index in [4.69, 9.17) is 9.72 Å². The maximum absolute atomic E-state index is 6.28. The third-order valence-corrected chi connectivity index (χ3v) is 8.45. The van der Waals surface area contributed by atoms with Crippen molar-refractivity contribution in [2.24, 2.45) is 0 Å². The van der Waals surface area contributed by atoms with Crippen LogP contribution in [-0.4, -0.2) is 67.2 Å². The van der Waals surface area contributed by atoms with E-state index in [-0.39, 0.29) is 0 Å². The van der Waals surface area contributed by atoms with E-state index in [2.05, 4.69) is 48.3 Å². The average molecular weight is 465 g/mol. The van der Waals surface area contributed by atoms with Gasteiger partial charge in [0, 0.05) is 30.1 Å². The molecule has 1 N–H and O–H groups in total. The van der Waals surface area contributed by atoms with Gasteiger partial charge in [0.15, 0.2) is 0 Å². The third-order valence-electron chi connectivity index (χ3n) is 8.45. The van der Waals surface area contributed by atoms with Gasteiger partial charge in [0.2, 0.25) is 0 Å². The molecule has 2 aliphatic carbocycles. The molecule has 0 unspecified atom stereocenters. The lowest BCUT2D eigenvalue weighted by molar-refractivity contribution is 0.221. The Hall–Kier alpha value is -1.85. The number of nitrogens with zero attached hydrogens (tertiary/aromatic N) is 3. The Balaban J connectivity index is 1.33. The van der Waals surface area contributed by atoms with Crippen LogP contribution in [0.5, 0.6) is 5.75 Å². The van der Waals surface area contributed by atoms with Crippen molar-refractivity contribution in [3.05, 3.63) is 28.8 Å². The molecule has 1 saturated heterocycles. The molecule has 0 radical (unpaired) electrons. The van der Waals surface area contributed by atoms with Crippen molar-refractivity contribution >= 4 is 16.7 Å². The molecule has 3 aliphatic rings. The predicted molar refractivity (Wildman–Crippen MR) is 142 cm³/mol. The monoisotopic (exact) mass is 464 g/mol. The maximum atomic E-state index is 6.28. The number of benzene rings is 1. The summed E-state index contributed by atoms with van der Waals surface area (Å²) in [6.07, 6.45) is 13.7. The molecule has 0 amide bonds. The number of fused-ring (bicyclic) bond motifs is 3. The van der Waals surface area contributed by atoms with Crippen LogP contribution in [0.3, 0.4) is 0 Å². The van der Waals surface area contributed by atoms with Crippen molar-refractivity contribution in [2.75, 3.05) is 45.7 Å². The SMILES string of the molecule is Cc1cc2c3c(c(NC4CCC(N(C)C)CC4)nc2cc1OCCCN1CCCC1)CCCC3. The van der Waals surface area contributed by atoms with Gasteiger partial charge in [0.05, 0.1) is 12.1 Å². The van der Waals surface area contributed by atoms with Crippen LogP contribution in [0.1, 0.15) is 74.5 Å². The van der Waals surface area contributed by atoms with Gasteiger partial charge in [-0.1, -0.05) is 0 Å². The maximum Gasteiger partial charge on any atom is 0.130 e. The summed E-state index contributed by atoms with van der Waals surface area (Å²) in [6, 6.07) is 5.82. The number of rotatable bonds is 8. The first-order valence-electron chi connectivity index (χ1n) is 13.8. The Morgan fingerprint density at radius 1 is 1.00 bits per heavy atom. The number of ether oxygens (including phenoxy) is 1. The van der Waals surface area contributed by atoms with Crippen molar-refractivity contribution in [2.45, 2.75) is 89.6 Å². The molecule has 0 atom stereocenters. The van der Waals surface area contributed by atoms with Crippen molar-refractivity contribution in [3.8, 4) is 5.75 Å². The van der Waals surface area contributed by atoms with E-state index in [0.29, 0.717) is 6.04 Å². The number of nitrogens with one attached hydrogen (secondary N) is 1. The van der Waals surface area contributed by atoms with Crippen molar-refractivity contribution in [1.82, 2.24) is 14.8 Å². The fourth-order valence-electron chi connectivity index (χ4n) is 6.34. The Kier molecular flexibility index (Phi) is 7.60. The summed E-state index contributed by atoms with van der Waals surface area (Å²) in [5.41, 5.74) is 5.35. The number of anilines is 1. The molecule has 5 rings (SSSR count). The molecule has 0 spiro atoms. The molecule has 2 aromatic rings. The summed E-state index contributed by atoms with van der Waals surface area (Å²) in [6.45, 7) is 6.66. The van der Waals surface area contributed by atoms with Gasteiger partial charge >= 0.3 is 0 Å². The van der Waals surface area contributed by atoms with Gasteiger partial charge in [-0.05, 0) is 127 Å². The van der Waals surface area contributed by atoms with Gasteiger partial charge in [0.25, 0.3) is 0 Å². The Morgan fingerprint density at radius 3 is 2.47 bits per heavy atom. The lowest BCUT2D eigenvalue weighted by atomic mass is 9.87. The zero-order chi connectivity index (χ0) is 23.5. The van der Waals surface area contributed by atoms with E-state index in [1.165, 1.54) is 93.0 Å². The fraction of sp³-hybridized carbons (Fsp3) is 0.690. The van der Waals surface area contributed by atoms with Crippen LogP contribution < -0.4 is 10.1 Å². The molecule has 1 aliphatic heterocycles. The molecule has 0 bridgehead atoms. The van der Waals surface area contributed by atoms with E-state index in [1.807, 2.05) is 0 Å². The first-order valence-corrected chi connectivity index (χ1v) is 13.8. The van der Waals surface area contributed by atoms with Gasteiger partial charge in [0.1, 0.15) is 11.6 Å². The van der Waals surface area contributed by atoms with E-state index < -0.39 is 0 Å². The molecule has 5 heteroatoms. The molecule has 1 aromatic heterocycles. The number of likely N-dealkylation sites (tertiary alicyclic amines) is 1.